The van der Waals surface area contributed by atoms with Gasteiger partial charge in [0.1, 0.15) is 0 Å². The third kappa shape index (κ3) is 5.27. The number of nitrogens with two attached hydrogens (primary N) is 1. The summed E-state index contributed by atoms with van der Waals surface area (Å²) < 4.78 is 22.8. The van der Waals surface area contributed by atoms with Gasteiger partial charge in [-0.2, -0.15) is 0 Å². The Morgan fingerprint density at radius 2 is 2.00 bits per heavy atom. The van der Waals surface area contributed by atoms with Gasteiger partial charge in [0, 0.05) is 12.6 Å². The third-order valence-corrected chi connectivity index (χ3v) is 4.84. The Hall–Kier alpha value is -0.130. The molecule has 0 aliphatic carbocycles. The maximum absolute atomic E-state index is 11.4. The Kier molecular flexibility index (Phi) is 5.72. The molecular weight excluding hydrogens is 224 g/mol. The summed E-state index contributed by atoms with van der Waals surface area (Å²) >= 11 is 0. The molecular formula is C11H24N2O2S. The molecule has 96 valence electrons. The van der Waals surface area contributed by atoms with Crippen molar-refractivity contribution in [3.8, 4) is 0 Å². The summed E-state index contributed by atoms with van der Waals surface area (Å²) in [5, 5.41) is 0. The first-order valence-corrected chi connectivity index (χ1v) is 8.04. The fourth-order valence-electron chi connectivity index (χ4n) is 2.08. The summed E-state index contributed by atoms with van der Waals surface area (Å²) in [5.41, 5.74) is 5.95. The maximum atomic E-state index is 11.4. The van der Waals surface area contributed by atoms with E-state index in [1.165, 1.54) is 0 Å². The highest BCUT2D eigenvalue weighted by Crippen LogP contribution is 2.07. The first-order chi connectivity index (χ1) is 7.53. The van der Waals surface area contributed by atoms with Crippen LogP contribution in [0.15, 0.2) is 0 Å². The van der Waals surface area contributed by atoms with Gasteiger partial charge in [0.2, 0.25) is 0 Å². The van der Waals surface area contributed by atoms with Crippen LogP contribution < -0.4 is 5.73 Å². The summed E-state index contributed by atoms with van der Waals surface area (Å²) in [5.74, 6) is 0.667. The van der Waals surface area contributed by atoms with E-state index in [2.05, 4.69) is 11.8 Å². The maximum Gasteiger partial charge on any atom is 0.151 e. The monoisotopic (exact) mass is 248 g/mol. The highest BCUT2D eigenvalue weighted by atomic mass is 32.2. The van der Waals surface area contributed by atoms with Gasteiger partial charge in [0.15, 0.2) is 9.84 Å². The zero-order valence-electron chi connectivity index (χ0n) is 10.2. The number of hydrogen-bond donors (Lipinski definition) is 1. The lowest BCUT2D eigenvalue weighted by Crippen LogP contribution is -2.32. The molecule has 0 aromatic carbocycles. The number of hydrogen-bond acceptors (Lipinski definition) is 4. The molecule has 1 aliphatic rings. The minimum Gasteiger partial charge on any atom is -0.328 e. The quantitative estimate of drug-likeness (QED) is 0.775. The van der Waals surface area contributed by atoms with Crippen molar-refractivity contribution in [2.24, 2.45) is 5.73 Å². The molecule has 0 aromatic rings. The van der Waals surface area contributed by atoms with Crippen LogP contribution in [0.1, 0.15) is 32.6 Å². The van der Waals surface area contributed by atoms with Gasteiger partial charge >= 0.3 is 0 Å². The van der Waals surface area contributed by atoms with E-state index in [9.17, 15) is 8.42 Å². The standard InChI is InChI=1S/C11H24N2O2S/c1-2-4-11(12)5-7-13-6-3-9-16(14,15)10-8-13/h11H,2-10,12H2,1H3. The van der Waals surface area contributed by atoms with Crippen molar-refractivity contribution in [3.05, 3.63) is 0 Å². The second-order valence-electron chi connectivity index (χ2n) is 4.68. The van der Waals surface area contributed by atoms with Gasteiger partial charge in [-0.3, -0.25) is 0 Å². The van der Waals surface area contributed by atoms with Crippen LogP contribution >= 0.6 is 0 Å². The molecule has 1 atom stereocenters. The molecule has 5 heteroatoms. The van der Waals surface area contributed by atoms with E-state index in [1.54, 1.807) is 0 Å². The molecule has 4 nitrogen and oxygen atoms in total. The molecule has 0 amide bonds. The fraction of sp³-hybridized carbons (Fsp3) is 1.00. The summed E-state index contributed by atoms with van der Waals surface area (Å²) in [6.07, 6.45) is 3.93. The van der Waals surface area contributed by atoms with Crippen LogP contribution in [0.25, 0.3) is 0 Å². The molecule has 1 heterocycles. The molecule has 1 fully saturated rings. The Morgan fingerprint density at radius 3 is 2.69 bits per heavy atom. The van der Waals surface area contributed by atoms with E-state index in [0.29, 0.717) is 18.1 Å². The highest BCUT2D eigenvalue weighted by molar-refractivity contribution is 7.91. The molecule has 0 radical (unpaired) electrons. The summed E-state index contributed by atoms with van der Waals surface area (Å²) in [6.45, 7) is 4.66. The van der Waals surface area contributed by atoms with E-state index in [4.69, 9.17) is 5.73 Å². The normalized spacial score (nSPS) is 23.9. The summed E-state index contributed by atoms with van der Waals surface area (Å²) in [7, 11) is -2.77. The minimum absolute atomic E-state index is 0.268. The minimum atomic E-state index is -2.77. The first kappa shape index (κ1) is 13.9. The molecule has 0 saturated carbocycles. The van der Waals surface area contributed by atoms with Gasteiger partial charge < -0.3 is 10.6 Å². The number of rotatable bonds is 5. The van der Waals surface area contributed by atoms with Crippen molar-refractivity contribution in [1.82, 2.24) is 4.90 Å². The van der Waals surface area contributed by atoms with E-state index >= 15 is 0 Å². The van der Waals surface area contributed by atoms with Crippen LogP contribution in [0, 0.1) is 0 Å². The summed E-state index contributed by atoms with van der Waals surface area (Å²) in [6, 6.07) is 0.268. The molecule has 1 unspecified atom stereocenters. The Labute approximate surface area is 99.1 Å². The predicted molar refractivity (Wildman–Crippen MR) is 67.2 cm³/mol. The lowest BCUT2D eigenvalue weighted by atomic mass is 10.1. The second kappa shape index (κ2) is 6.57. The van der Waals surface area contributed by atoms with Crippen LogP contribution in [0.3, 0.4) is 0 Å². The molecule has 0 aromatic heterocycles. The molecule has 0 spiro atoms. The van der Waals surface area contributed by atoms with E-state index in [1.807, 2.05) is 0 Å². The van der Waals surface area contributed by atoms with Gasteiger partial charge in [0.05, 0.1) is 11.5 Å². The first-order valence-electron chi connectivity index (χ1n) is 6.22. The van der Waals surface area contributed by atoms with Crippen molar-refractivity contribution in [2.45, 2.75) is 38.6 Å². The van der Waals surface area contributed by atoms with Crippen LogP contribution in [0.5, 0.6) is 0 Å². The van der Waals surface area contributed by atoms with Gasteiger partial charge in [-0.25, -0.2) is 8.42 Å². The molecule has 16 heavy (non-hydrogen) atoms. The Morgan fingerprint density at radius 1 is 1.25 bits per heavy atom. The molecule has 1 aliphatic heterocycles. The molecule has 0 bridgehead atoms. The van der Waals surface area contributed by atoms with Crippen LogP contribution in [0.4, 0.5) is 0 Å². The van der Waals surface area contributed by atoms with E-state index < -0.39 is 9.84 Å². The Bertz CT molecular complexity index is 290. The van der Waals surface area contributed by atoms with E-state index in [-0.39, 0.29) is 6.04 Å². The number of nitrogens with zero attached hydrogens (tertiary/aromatic N) is 1. The third-order valence-electron chi connectivity index (χ3n) is 3.12. The number of sulfone groups is 1. The molecule has 1 rings (SSSR count). The molecule has 1 saturated heterocycles. The van der Waals surface area contributed by atoms with Crippen molar-refractivity contribution < 1.29 is 8.42 Å². The van der Waals surface area contributed by atoms with Crippen molar-refractivity contribution in [3.63, 3.8) is 0 Å². The average molecular weight is 248 g/mol. The Balaban J connectivity index is 2.28. The van der Waals surface area contributed by atoms with Crippen LogP contribution in [0.2, 0.25) is 0 Å². The second-order valence-corrected chi connectivity index (χ2v) is 6.99. The zero-order valence-corrected chi connectivity index (χ0v) is 11.0. The van der Waals surface area contributed by atoms with Crippen molar-refractivity contribution >= 4 is 9.84 Å². The van der Waals surface area contributed by atoms with Gasteiger partial charge in [-0.1, -0.05) is 13.3 Å². The highest BCUT2D eigenvalue weighted by Gasteiger charge is 2.18. The van der Waals surface area contributed by atoms with Crippen molar-refractivity contribution in [2.75, 3.05) is 31.1 Å². The van der Waals surface area contributed by atoms with Crippen LogP contribution in [-0.2, 0) is 9.84 Å². The topological polar surface area (TPSA) is 63.4 Å². The lowest BCUT2D eigenvalue weighted by molar-refractivity contribution is 0.280. The predicted octanol–water partition coefficient (Wildman–Crippen LogP) is 0.624. The SMILES string of the molecule is CCCC(N)CCN1CCCS(=O)(=O)CC1. The fourth-order valence-corrected chi connectivity index (χ4v) is 3.39. The smallest absolute Gasteiger partial charge is 0.151 e. The molecule has 2 N–H and O–H groups in total. The summed E-state index contributed by atoms with van der Waals surface area (Å²) in [4.78, 5) is 2.24. The lowest BCUT2D eigenvalue weighted by Gasteiger charge is -2.21. The largest absolute Gasteiger partial charge is 0.328 e. The van der Waals surface area contributed by atoms with Gasteiger partial charge in [0.25, 0.3) is 0 Å². The van der Waals surface area contributed by atoms with Gasteiger partial charge in [-0.15, -0.1) is 0 Å². The van der Waals surface area contributed by atoms with Crippen molar-refractivity contribution in [1.29, 1.82) is 0 Å². The average Bonchev–Trinajstić information content (AvgIpc) is 2.37. The van der Waals surface area contributed by atoms with Gasteiger partial charge in [-0.05, 0) is 32.4 Å². The zero-order chi connectivity index (χ0) is 12.0. The van der Waals surface area contributed by atoms with E-state index in [0.717, 1.165) is 38.8 Å². The van der Waals surface area contributed by atoms with Crippen LogP contribution in [-0.4, -0.2) is 50.5 Å².